The van der Waals surface area contributed by atoms with E-state index in [0.29, 0.717) is 16.7 Å². The van der Waals surface area contributed by atoms with Crippen LogP contribution in [0.2, 0.25) is 5.15 Å². The van der Waals surface area contributed by atoms with Gasteiger partial charge in [-0.1, -0.05) is 23.7 Å². The summed E-state index contributed by atoms with van der Waals surface area (Å²) >= 11 is 5.81. The van der Waals surface area contributed by atoms with Crippen molar-refractivity contribution >= 4 is 51.6 Å². The molecule has 0 spiro atoms. The van der Waals surface area contributed by atoms with Crippen LogP contribution in [0.4, 0.5) is 24.7 Å². The minimum Gasteiger partial charge on any atom is -0.399 e. The predicted molar refractivity (Wildman–Crippen MR) is 162 cm³/mol. The van der Waals surface area contributed by atoms with Crippen LogP contribution >= 0.6 is 11.6 Å². The third-order valence-corrected chi connectivity index (χ3v) is 10.2. The molecule has 9 nitrogen and oxygen atoms in total. The van der Waals surface area contributed by atoms with Crippen LogP contribution in [-0.2, 0) is 25.5 Å². The number of benzene rings is 2. The average Bonchev–Trinajstić information content (AvgIpc) is 3.19. The van der Waals surface area contributed by atoms with E-state index in [1.165, 1.54) is 28.6 Å². The Balaban J connectivity index is 1.22. The number of carbonyl (C=O) groups excluding carboxylic acids is 1. The second-order valence-corrected chi connectivity index (χ2v) is 13.9. The molecule has 2 saturated heterocycles. The zero-order chi connectivity index (χ0) is 32.1. The maximum Gasteiger partial charge on any atom is 0.494 e. The summed E-state index contributed by atoms with van der Waals surface area (Å²) in [5, 5.41) is 2.48. The summed E-state index contributed by atoms with van der Waals surface area (Å²) in [7, 11) is -4.53. The molecule has 0 unspecified atom stereocenters. The van der Waals surface area contributed by atoms with Crippen molar-refractivity contribution in [2.24, 2.45) is 0 Å². The first kappa shape index (κ1) is 32.2. The van der Waals surface area contributed by atoms with Crippen molar-refractivity contribution in [3.8, 4) is 0 Å². The van der Waals surface area contributed by atoms with E-state index in [1.807, 2.05) is 33.8 Å². The first-order chi connectivity index (χ1) is 20.5. The van der Waals surface area contributed by atoms with Crippen LogP contribution < -0.4 is 15.7 Å². The zero-order valence-electron chi connectivity index (χ0n) is 24.5. The molecule has 44 heavy (non-hydrogen) atoms. The van der Waals surface area contributed by atoms with E-state index in [0.717, 1.165) is 12.1 Å². The third-order valence-electron chi connectivity index (χ3n) is 8.09. The van der Waals surface area contributed by atoms with Gasteiger partial charge in [0.25, 0.3) is 5.91 Å². The van der Waals surface area contributed by atoms with Gasteiger partial charge in [0.1, 0.15) is 11.0 Å². The van der Waals surface area contributed by atoms with Gasteiger partial charge in [-0.05, 0) is 81.7 Å². The number of hydrogen-bond acceptors (Lipinski definition) is 7. The number of carbonyl (C=O) groups is 1. The van der Waals surface area contributed by atoms with Crippen LogP contribution in [0.25, 0.3) is 0 Å². The highest BCUT2D eigenvalue weighted by Gasteiger charge is 2.51. The summed E-state index contributed by atoms with van der Waals surface area (Å²) < 4.78 is 79.6. The van der Waals surface area contributed by atoms with E-state index in [1.54, 1.807) is 23.1 Å². The van der Waals surface area contributed by atoms with Crippen LogP contribution in [0.3, 0.4) is 0 Å². The van der Waals surface area contributed by atoms with Gasteiger partial charge in [-0.25, -0.2) is 13.4 Å². The molecule has 3 aromatic rings. The fraction of sp³-hybridized carbons (Fsp3) is 0.379. The van der Waals surface area contributed by atoms with Crippen LogP contribution in [0.1, 0.15) is 43.6 Å². The molecule has 0 aliphatic carbocycles. The van der Waals surface area contributed by atoms with Crippen LogP contribution in [-0.4, -0.2) is 68.1 Å². The molecule has 2 aliphatic heterocycles. The van der Waals surface area contributed by atoms with Gasteiger partial charge in [-0.15, -0.1) is 0 Å². The van der Waals surface area contributed by atoms with Gasteiger partial charge in [0.15, 0.2) is 0 Å². The number of halogens is 4. The van der Waals surface area contributed by atoms with Crippen molar-refractivity contribution in [1.29, 1.82) is 0 Å². The summed E-state index contributed by atoms with van der Waals surface area (Å²) in [6.45, 7) is 8.12. The van der Waals surface area contributed by atoms with Gasteiger partial charge >= 0.3 is 13.3 Å². The first-order valence-corrected chi connectivity index (χ1v) is 15.6. The summed E-state index contributed by atoms with van der Waals surface area (Å²) in [6, 6.07) is 14.3. The summed E-state index contributed by atoms with van der Waals surface area (Å²) in [5.74, 6) is -0.359. The van der Waals surface area contributed by atoms with E-state index in [9.17, 15) is 26.4 Å². The highest BCUT2D eigenvalue weighted by atomic mass is 35.5. The molecular weight excluding hydrogens is 620 g/mol. The molecule has 0 saturated carbocycles. The first-order valence-electron chi connectivity index (χ1n) is 13.8. The van der Waals surface area contributed by atoms with E-state index < -0.39 is 46.0 Å². The lowest BCUT2D eigenvalue weighted by Gasteiger charge is -2.35. The van der Waals surface area contributed by atoms with Gasteiger partial charge in [0.2, 0.25) is 10.0 Å². The smallest absolute Gasteiger partial charge is 0.399 e. The fourth-order valence-electron chi connectivity index (χ4n) is 4.83. The lowest BCUT2D eigenvalue weighted by atomic mass is 9.78. The van der Waals surface area contributed by atoms with Gasteiger partial charge in [0.05, 0.1) is 21.7 Å². The number of nitrogens with one attached hydrogen (secondary N) is 1. The third kappa shape index (κ3) is 6.59. The molecule has 2 aliphatic rings. The molecule has 234 valence electrons. The second-order valence-electron chi connectivity index (χ2n) is 11.6. The maximum atomic E-state index is 13.3. The number of amides is 1. The van der Waals surface area contributed by atoms with Crippen molar-refractivity contribution in [2.75, 3.05) is 36.4 Å². The van der Waals surface area contributed by atoms with E-state index >= 15 is 0 Å². The molecule has 0 radical (unpaired) electrons. The van der Waals surface area contributed by atoms with Crippen molar-refractivity contribution in [2.45, 2.75) is 50.0 Å². The summed E-state index contributed by atoms with van der Waals surface area (Å²) in [6.07, 6.45) is -4.59. The second kappa shape index (κ2) is 11.6. The van der Waals surface area contributed by atoms with Crippen molar-refractivity contribution < 1.29 is 35.7 Å². The quantitative estimate of drug-likeness (QED) is 0.302. The van der Waals surface area contributed by atoms with E-state index in [2.05, 4.69) is 10.3 Å². The molecule has 1 aromatic heterocycles. The molecule has 1 amide bonds. The van der Waals surface area contributed by atoms with Gasteiger partial charge in [0, 0.05) is 37.4 Å². The minimum atomic E-state index is -4.59. The lowest BCUT2D eigenvalue weighted by Crippen LogP contribution is -2.49. The molecule has 5 rings (SSSR count). The molecule has 2 aromatic carbocycles. The highest BCUT2D eigenvalue weighted by molar-refractivity contribution is 7.89. The number of anilines is 2. The minimum absolute atomic E-state index is 0.0203. The Hall–Kier alpha value is -3.17. The van der Waals surface area contributed by atoms with E-state index in [4.69, 9.17) is 20.9 Å². The number of aromatic nitrogens is 1. The predicted octanol–water partition coefficient (Wildman–Crippen LogP) is 4.82. The van der Waals surface area contributed by atoms with E-state index in [-0.39, 0.29) is 42.0 Å². The molecule has 0 atom stereocenters. The number of pyridine rings is 1. The van der Waals surface area contributed by atoms with Crippen LogP contribution in [0, 0.1) is 0 Å². The number of hydrogen-bond donors (Lipinski definition) is 1. The number of piperazine rings is 1. The average molecular weight is 651 g/mol. The Bertz CT molecular complexity index is 1650. The molecule has 3 heterocycles. The Labute approximate surface area is 259 Å². The highest BCUT2D eigenvalue weighted by Crippen LogP contribution is 2.37. The summed E-state index contributed by atoms with van der Waals surface area (Å²) in [5.41, 5.74) is -0.507. The number of rotatable bonds is 6. The zero-order valence-corrected chi connectivity index (χ0v) is 26.1. The Morgan fingerprint density at radius 2 is 1.57 bits per heavy atom. The molecule has 1 N–H and O–H groups in total. The van der Waals surface area contributed by atoms with Crippen LogP contribution in [0.5, 0.6) is 0 Å². The SMILES string of the molecule is CC1(C)OB(c2cccc(C(=O)Nc3ccc(S(=O)(=O)N4CCN(c5cc(C(F)(F)F)cc(Cl)n5)CC4)cc3)c2)OC1(C)C. The Morgan fingerprint density at radius 1 is 0.955 bits per heavy atom. The Morgan fingerprint density at radius 3 is 2.16 bits per heavy atom. The van der Waals surface area contributed by atoms with Gasteiger partial charge < -0.3 is 19.5 Å². The van der Waals surface area contributed by atoms with Crippen molar-refractivity contribution in [3.63, 3.8) is 0 Å². The number of nitrogens with zero attached hydrogens (tertiary/aromatic N) is 3. The maximum absolute atomic E-state index is 13.3. The normalized spacial score (nSPS) is 18.8. The van der Waals surface area contributed by atoms with Crippen LogP contribution in [0.15, 0.2) is 65.6 Å². The number of sulfonamides is 1. The van der Waals surface area contributed by atoms with Crippen molar-refractivity contribution in [1.82, 2.24) is 9.29 Å². The molecular formula is C29H31BClF3N4O5S. The molecule has 0 bridgehead atoms. The van der Waals surface area contributed by atoms with Gasteiger partial charge in [-0.2, -0.15) is 17.5 Å². The van der Waals surface area contributed by atoms with Crippen molar-refractivity contribution in [3.05, 3.63) is 76.9 Å². The standard InChI is InChI=1S/C29H31BClF3N4O5S/c1-27(2)28(3,4)43-30(42-27)21-7-5-6-19(16-21)26(39)35-22-8-10-23(11-9-22)44(40,41)38-14-12-37(13-15-38)25-18-20(29(32,33)34)17-24(31)36-25/h5-11,16-18H,12-15H2,1-4H3,(H,35,39). The topological polar surface area (TPSA) is 101 Å². The van der Waals surface area contributed by atoms with Gasteiger partial charge in [-0.3, -0.25) is 4.79 Å². The Kier molecular flexibility index (Phi) is 8.53. The molecule has 2 fully saturated rings. The lowest BCUT2D eigenvalue weighted by molar-refractivity contribution is -0.137. The summed E-state index contributed by atoms with van der Waals surface area (Å²) in [4.78, 5) is 18.6. The number of alkyl halides is 3. The fourth-order valence-corrected chi connectivity index (χ4v) is 6.46. The molecule has 15 heteroatoms. The largest absolute Gasteiger partial charge is 0.494 e. The monoisotopic (exact) mass is 650 g/mol.